The standard InChI is InChI=1S/C20H25N5O4.CH4O/c1-24(2)6-8-29-20(28)14-9-13(10-15(21)11-14)17-12-22-18(23-16-3-4-16)19(27)25(17)5-7-26;1-2/h7,9-12,16H,3-6,8,21H2,1-2H3,(H,22,23);2H,1H3. The Labute approximate surface area is 180 Å². The summed E-state index contributed by atoms with van der Waals surface area (Å²) in [5, 5.41) is 10.1. The first-order valence-electron chi connectivity index (χ1n) is 9.86. The fourth-order valence-electron chi connectivity index (χ4n) is 2.82. The van der Waals surface area contributed by atoms with Gasteiger partial charge in [-0.3, -0.25) is 9.36 Å². The molecule has 0 unspecified atom stereocenters. The minimum Gasteiger partial charge on any atom is -0.461 e. The average Bonchev–Trinajstić information content (AvgIpc) is 3.56. The van der Waals surface area contributed by atoms with Crippen LogP contribution in [0.5, 0.6) is 0 Å². The van der Waals surface area contributed by atoms with Crippen molar-refractivity contribution in [3.8, 4) is 11.3 Å². The largest absolute Gasteiger partial charge is 0.461 e. The van der Waals surface area contributed by atoms with Crippen LogP contribution < -0.4 is 16.6 Å². The van der Waals surface area contributed by atoms with E-state index in [2.05, 4.69) is 10.3 Å². The zero-order chi connectivity index (χ0) is 23.0. The van der Waals surface area contributed by atoms with Crippen LogP contribution in [0.25, 0.3) is 11.3 Å². The third-order valence-corrected chi connectivity index (χ3v) is 4.49. The van der Waals surface area contributed by atoms with E-state index in [0.29, 0.717) is 29.8 Å². The average molecular weight is 431 g/mol. The molecule has 2 aromatic rings. The second kappa shape index (κ2) is 11.2. The van der Waals surface area contributed by atoms with E-state index in [-0.39, 0.29) is 36.1 Å². The highest BCUT2D eigenvalue weighted by molar-refractivity contribution is 5.92. The van der Waals surface area contributed by atoms with Crippen molar-refractivity contribution < 1.29 is 19.4 Å². The number of nitrogens with zero attached hydrogens (tertiary/aromatic N) is 3. The van der Waals surface area contributed by atoms with E-state index >= 15 is 0 Å². The molecule has 3 rings (SSSR count). The molecule has 10 heteroatoms. The number of esters is 1. The number of nitrogen functional groups attached to an aromatic ring is 1. The van der Waals surface area contributed by atoms with Gasteiger partial charge in [-0.25, -0.2) is 9.78 Å². The highest BCUT2D eigenvalue weighted by Gasteiger charge is 2.24. The van der Waals surface area contributed by atoms with Crippen molar-refractivity contribution in [2.24, 2.45) is 0 Å². The number of aromatic nitrogens is 2. The van der Waals surface area contributed by atoms with Crippen LogP contribution in [0.3, 0.4) is 0 Å². The molecule has 0 amide bonds. The van der Waals surface area contributed by atoms with Gasteiger partial charge in [0.2, 0.25) is 0 Å². The minimum atomic E-state index is -0.510. The fraction of sp³-hybridized carbons (Fsp3) is 0.429. The van der Waals surface area contributed by atoms with Crippen molar-refractivity contribution >= 4 is 23.8 Å². The van der Waals surface area contributed by atoms with Crippen LogP contribution in [0.4, 0.5) is 11.5 Å². The number of carbonyl (C=O) groups is 2. The molecule has 168 valence electrons. The Balaban J connectivity index is 0.00000166. The number of ether oxygens (including phenoxy) is 1. The molecule has 1 aromatic heterocycles. The second-order valence-electron chi connectivity index (χ2n) is 7.28. The number of nitrogens with two attached hydrogens (primary N) is 1. The molecule has 1 heterocycles. The maximum absolute atomic E-state index is 12.8. The van der Waals surface area contributed by atoms with Crippen LogP contribution in [0.1, 0.15) is 23.2 Å². The highest BCUT2D eigenvalue weighted by atomic mass is 16.5. The smallest absolute Gasteiger partial charge is 0.338 e. The van der Waals surface area contributed by atoms with Crippen molar-refractivity contribution in [2.45, 2.75) is 25.4 Å². The van der Waals surface area contributed by atoms with E-state index in [0.717, 1.165) is 20.0 Å². The van der Waals surface area contributed by atoms with Gasteiger partial charge in [-0.2, -0.15) is 0 Å². The number of hydrogen-bond donors (Lipinski definition) is 3. The van der Waals surface area contributed by atoms with E-state index < -0.39 is 5.97 Å². The minimum absolute atomic E-state index is 0.132. The van der Waals surface area contributed by atoms with E-state index in [1.165, 1.54) is 16.8 Å². The zero-order valence-electron chi connectivity index (χ0n) is 18.0. The molecule has 0 radical (unpaired) electrons. The maximum Gasteiger partial charge on any atom is 0.338 e. The van der Waals surface area contributed by atoms with Gasteiger partial charge in [0.25, 0.3) is 5.56 Å². The summed E-state index contributed by atoms with van der Waals surface area (Å²) in [7, 11) is 4.76. The molecule has 0 aliphatic heterocycles. The van der Waals surface area contributed by atoms with E-state index in [9.17, 15) is 14.4 Å². The van der Waals surface area contributed by atoms with Gasteiger partial charge in [-0.05, 0) is 45.1 Å². The number of aliphatic hydroxyl groups excluding tert-OH is 1. The Morgan fingerprint density at radius 3 is 2.68 bits per heavy atom. The molecule has 1 fully saturated rings. The predicted molar refractivity (Wildman–Crippen MR) is 118 cm³/mol. The number of nitrogens with one attached hydrogen (secondary N) is 1. The molecule has 1 aliphatic carbocycles. The maximum atomic E-state index is 12.8. The van der Waals surface area contributed by atoms with E-state index in [4.69, 9.17) is 15.6 Å². The number of aldehydes is 1. The lowest BCUT2D eigenvalue weighted by molar-refractivity contribution is -0.108. The second-order valence-corrected chi connectivity index (χ2v) is 7.28. The predicted octanol–water partition coefficient (Wildman–Crippen LogP) is 0.593. The SMILES string of the molecule is CN(C)CCOC(=O)c1cc(N)cc(-c2cnc(NC3CC3)c(=O)n2CC=O)c1.CO. The first kappa shape index (κ1) is 24.0. The van der Waals surface area contributed by atoms with Crippen LogP contribution >= 0.6 is 0 Å². The van der Waals surface area contributed by atoms with Crippen molar-refractivity contribution in [3.05, 3.63) is 40.3 Å². The third kappa shape index (κ3) is 6.63. The lowest BCUT2D eigenvalue weighted by Gasteiger charge is -2.14. The summed E-state index contributed by atoms with van der Waals surface area (Å²) >= 11 is 0. The first-order valence-corrected chi connectivity index (χ1v) is 9.86. The summed E-state index contributed by atoms with van der Waals surface area (Å²) in [5.74, 6) is -0.296. The molecule has 31 heavy (non-hydrogen) atoms. The van der Waals surface area contributed by atoms with E-state index in [1.54, 1.807) is 12.1 Å². The number of likely N-dealkylation sites (N-methyl/N-ethyl adjacent to an activating group) is 1. The monoisotopic (exact) mass is 431 g/mol. The van der Waals surface area contributed by atoms with Crippen LogP contribution in [-0.2, 0) is 16.1 Å². The molecule has 0 atom stereocenters. The Kier molecular flexibility index (Phi) is 8.71. The summed E-state index contributed by atoms with van der Waals surface area (Å²) in [6.45, 7) is 0.710. The summed E-state index contributed by atoms with van der Waals surface area (Å²) in [6, 6.07) is 4.98. The van der Waals surface area contributed by atoms with Crippen molar-refractivity contribution in [1.82, 2.24) is 14.5 Å². The fourth-order valence-corrected chi connectivity index (χ4v) is 2.82. The molecule has 4 N–H and O–H groups in total. The lowest BCUT2D eigenvalue weighted by atomic mass is 10.1. The van der Waals surface area contributed by atoms with Crippen LogP contribution in [0.2, 0.25) is 0 Å². The van der Waals surface area contributed by atoms with Gasteiger partial charge in [-0.1, -0.05) is 0 Å². The summed E-state index contributed by atoms with van der Waals surface area (Å²) in [4.78, 5) is 42.4. The Hall–Kier alpha value is -3.24. The zero-order valence-corrected chi connectivity index (χ0v) is 18.0. The normalized spacial score (nSPS) is 12.7. The molecular weight excluding hydrogens is 402 g/mol. The van der Waals surface area contributed by atoms with Crippen molar-refractivity contribution in [1.29, 1.82) is 0 Å². The van der Waals surface area contributed by atoms with Gasteiger partial charge in [0, 0.05) is 30.9 Å². The van der Waals surface area contributed by atoms with Gasteiger partial charge in [0.15, 0.2) is 5.82 Å². The van der Waals surface area contributed by atoms with Crippen LogP contribution in [-0.4, -0.2) is 72.2 Å². The van der Waals surface area contributed by atoms with E-state index in [1.807, 2.05) is 19.0 Å². The Morgan fingerprint density at radius 1 is 1.35 bits per heavy atom. The molecule has 1 aromatic carbocycles. The Morgan fingerprint density at radius 2 is 2.06 bits per heavy atom. The van der Waals surface area contributed by atoms with Crippen molar-refractivity contribution in [2.75, 3.05) is 45.4 Å². The molecule has 0 bridgehead atoms. The number of aliphatic hydroxyl groups is 1. The number of benzene rings is 1. The number of anilines is 2. The number of rotatable bonds is 9. The van der Waals surface area contributed by atoms with Crippen LogP contribution in [0, 0.1) is 0 Å². The quantitative estimate of drug-likeness (QED) is 0.296. The highest BCUT2D eigenvalue weighted by Crippen LogP contribution is 2.25. The first-order chi connectivity index (χ1) is 14.9. The summed E-state index contributed by atoms with van der Waals surface area (Å²) < 4.78 is 6.59. The van der Waals surface area contributed by atoms with Gasteiger partial charge in [-0.15, -0.1) is 0 Å². The molecule has 0 spiro atoms. The number of carbonyl (C=O) groups excluding carboxylic acids is 2. The lowest BCUT2D eigenvalue weighted by Crippen LogP contribution is -2.27. The molecule has 1 aliphatic rings. The summed E-state index contributed by atoms with van der Waals surface area (Å²) in [5.41, 5.74) is 7.10. The summed E-state index contributed by atoms with van der Waals surface area (Å²) in [6.07, 6.45) is 4.14. The Bertz CT molecular complexity index is 969. The van der Waals surface area contributed by atoms with Gasteiger partial charge in [0.05, 0.1) is 24.0 Å². The van der Waals surface area contributed by atoms with Gasteiger partial charge in [0.1, 0.15) is 12.9 Å². The molecule has 1 saturated carbocycles. The van der Waals surface area contributed by atoms with Crippen LogP contribution in [0.15, 0.2) is 29.2 Å². The third-order valence-electron chi connectivity index (χ3n) is 4.49. The molecular formula is C21H29N5O5. The number of hydrogen-bond acceptors (Lipinski definition) is 9. The van der Waals surface area contributed by atoms with Gasteiger partial charge < -0.3 is 30.6 Å². The molecule has 0 saturated heterocycles. The topological polar surface area (TPSA) is 140 Å². The van der Waals surface area contributed by atoms with Crippen molar-refractivity contribution in [3.63, 3.8) is 0 Å². The molecule has 10 nitrogen and oxygen atoms in total. The van der Waals surface area contributed by atoms with Gasteiger partial charge >= 0.3 is 5.97 Å².